The maximum atomic E-state index is 13.6. The molecule has 0 unspecified atom stereocenters. The third-order valence-corrected chi connectivity index (χ3v) is 6.84. The Labute approximate surface area is 199 Å². The zero-order valence-corrected chi connectivity index (χ0v) is 20.0. The van der Waals surface area contributed by atoms with Gasteiger partial charge < -0.3 is 14.8 Å². The van der Waals surface area contributed by atoms with E-state index in [1.54, 1.807) is 74.5 Å². The fourth-order valence-corrected chi connectivity index (χ4v) is 4.83. The molecule has 8 nitrogen and oxygen atoms in total. The molecule has 0 aliphatic rings. The first-order chi connectivity index (χ1) is 16.3. The van der Waals surface area contributed by atoms with E-state index in [-0.39, 0.29) is 10.6 Å². The van der Waals surface area contributed by atoms with E-state index in [9.17, 15) is 18.0 Å². The van der Waals surface area contributed by atoms with E-state index in [0.29, 0.717) is 29.2 Å². The summed E-state index contributed by atoms with van der Waals surface area (Å²) in [7, 11) is -2.83. The number of amides is 1. The van der Waals surface area contributed by atoms with Crippen LogP contribution in [0.2, 0.25) is 0 Å². The van der Waals surface area contributed by atoms with Crippen LogP contribution in [0, 0.1) is 6.92 Å². The lowest BCUT2D eigenvalue weighted by atomic mass is 10.1. The van der Waals surface area contributed by atoms with Crippen LogP contribution in [0.25, 0.3) is 0 Å². The van der Waals surface area contributed by atoms with Crippen molar-refractivity contribution in [2.24, 2.45) is 0 Å². The number of nitrogens with one attached hydrogen (secondary N) is 1. The third kappa shape index (κ3) is 5.37. The molecular weight excluding hydrogens is 456 g/mol. The molecule has 0 heterocycles. The van der Waals surface area contributed by atoms with Crippen LogP contribution in [0.4, 0.5) is 11.4 Å². The minimum atomic E-state index is -4.10. The van der Waals surface area contributed by atoms with Crippen LogP contribution in [0.15, 0.2) is 77.7 Å². The van der Waals surface area contributed by atoms with Crippen molar-refractivity contribution in [3.8, 4) is 5.75 Å². The summed E-state index contributed by atoms with van der Waals surface area (Å²) in [5.74, 6) is -0.787. The summed E-state index contributed by atoms with van der Waals surface area (Å²) < 4.78 is 38.5. The van der Waals surface area contributed by atoms with Crippen LogP contribution in [0.3, 0.4) is 0 Å². The molecule has 0 radical (unpaired) electrons. The summed E-state index contributed by atoms with van der Waals surface area (Å²) in [6.07, 6.45) is 0. The fraction of sp³-hybridized carbons (Fsp3) is 0.200. The third-order valence-electron chi connectivity index (χ3n) is 5.07. The number of nitrogens with zero attached hydrogens (tertiary/aromatic N) is 1. The van der Waals surface area contributed by atoms with Crippen LogP contribution in [0.1, 0.15) is 22.8 Å². The van der Waals surface area contributed by atoms with Gasteiger partial charge in [0.2, 0.25) is 5.91 Å². The number of carbonyl (C=O) groups excluding carboxylic acids is 2. The van der Waals surface area contributed by atoms with E-state index < -0.39 is 28.4 Å². The lowest BCUT2D eigenvalue weighted by Gasteiger charge is -2.26. The highest BCUT2D eigenvalue weighted by Crippen LogP contribution is 2.32. The molecule has 9 heteroatoms. The second-order valence-corrected chi connectivity index (χ2v) is 9.11. The topological polar surface area (TPSA) is 102 Å². The van der Waals surface area contributed by atoms with Crippen molar-refractivity contribution in [2.75, 3.05) is 29.9 Å². The predicted octanol–water partition coefficient (Wildman–Crippen LogP) is 4.01. The van der Waals surface area contributed by atoms with Crippen LogP contribution in [0.5, 0.6) is 5.75 Å². The molecule has 178 valence electrons. The Morgan fingerprint density at radius 2 is 1.62 bits per heavy atom. The zero-order chi connectivity index (χ0) is 24.7. The van der Waals surface area contributed by atoms with Crippen molar-refractivity contribution < 1.29 is 27.5 Å². The van der Waals surface area contributed by atoms with Crippen LogP contribution < -0.4 is 14.4 Å². The van der Waals surface area contributed by atoms with Gasteiger partial charge in [-0.2, -0.15) is 0 Å². The standard InChI is InChI=1S/C25H26N2O6S/c1-4-33-23-16-9-8-15-22(23)27(34(30,31)19-11-6-5-7-12-19)17-24(28)26-21-14-10-13-20(18(21)2)25(29)32-3/h5-16H,4,17H2,1-3H3,(H,26,28). The highest BCUT2D eigenvalue weighted by molar-refractivity contribution is 7.92. The van der Waals surface area contributed by atoms with Gasteiger partial charge in [0.05, 0.1) is 29.9 Å². The van der Waals surface area contributed by atoms with Crippen molar-refractivity contribution in [1.29, 1.82) is 0 Å². The monoisotopic (exact) mass is 482 g/mol. The average Bonchev–Trinajstić information content (AvgIpc) is 2.84. The Morgan fingerprint density at radius 1 is 0.941 bits per heavy atom. The molecule has 0 bridgehead atoms. The van der Waals surface area contributed by atoms with Gasteiger partial charge in [-0.25, -0.2) is 13.2 Å². The van der Waals surface area contributed by atoms with E-state index in [0.717, 1.165) is 4.31 Å². The van der Waals surface area contributed by atoms with Crippen molar-refractivity contribution in [3.05, 3.63) is 83.9 Å². The molecule has 0 spiro atoms. The average molecular weight is 483 g/mol. The lowest BCUT2D eigenvalue weighted by Crippen LogP contribution is -2.38. The molecule has 1 N–H and O–H groups in total. The van der Waals surface area contributed by atoms with E-state index in [4.69, 9.17) is 9.47 Å². The molecule has 3 aromatic rings. The van der Waals surface area contributed by atoms with Gasteiger partial charge in [-0.15, -0.1) is 0 Å². The summed E-state index contributed by atoms with van der Waals surface area (Å²) in [4.78, 5) is 25.1. The highest BCUT2D eigenvalue weighted by Gasteiger charge is 2.29. The number of anilines is 2. The summed E-state index contributed by atoms with van der Waals surface area (Å²) in [5, 5.41) is 2.71. The van der Waals surface area contributed by atoms with Crippen molar-refractivity contribution in [3.63, 3.8) is 0 Å². The summed E-state index contributed by atoms with van der Waals surface area (Å²) in [6, 6.07) is 19.3. The Kier molecular flexibility index (Phi) is 7.91. The first-order valence-electron chi connectivity index (χ1n) is 10.6. The van der Waals surface area contributed by atoms with Crippen molar-refractivity contribution in [1.82, 2.24) is 0 Å². The molecule has 0 aliphatic carbocycles. The Bertz CT molecular complexity index is 1280. The summed E-state index contributed by atoms with van der Waals surface area (Å²) >= 11 is 0. The summed E-state index contributed by atoms with van der Waals surface area (Å²) in [5.41, 5.74) is 1.43. The van der Waals surface area contributed by atoms with Crippen LogP contribution in [-0.4, -0.2) is 40.6 Å². The molecular formula is C25H26N2O6S. The number of hydrogen-bond acceptors (Lipinski definition) is 6. The normalized spacial score (nSPS) is 10.9. The number of hydrogen-bond donors (Lipinski definition) is 1. The zero-order valence-electron chi connectivity index (χ0n) is 19.1. The molecule has 3 aromatic carbocycles. The first-order valence-corrected chi connectivity index (χ1v) is 12.0. The molecule has 0 fully saturated rings. The van der Waals surface area contributed by atoms with Gasteiger partial charge in [-0.05, 0) is 55.8 Å². The molecule has 0 saturated carbocycles. The molecule has 3 rings (SSSR count). The SMILES string of the molecule is CCOc1ccccc1N(CC(=O)Nc1cccc(C(=O)OC)c1C)S(=O)(=O)c1ccccc1. The Hall–Kier alpha value is -3.85. The number of methoxy groups -OCH3 is 1. The van der Waals surface area contributed by atoms with Gasteiger partial charge in [0.15, 0.2) is 0 Å². The maximum absolute atomic E-state index is 13.6. The number of ether oxygens (including phenoxy) is 2. The van der Waals surface area contributed by atoms with E-state index in [2.05, 4.69) is 5.32 Å². The number of carbonyl (C=O) groups is 2. The van der Waals surface area contributed by atoms with Gasteiger partial charge in [0, 0.05) is 5.69 Å². The van der Waals surface area contributed by atoms with E-state index in [1.807, 2.05) is 0 Å². The van der Waals surface area contributed by atoms with Gasteiger partial charge in [-0.1, -0.05) is 36.4 Å². The highest BCUT2D eigenvalue weighted by atomic mass is 32.2. The molecule has 0 aliphatic heterocycles. The largest absolute Gasteiger partial charge is 0.492 e. The van der Waals surface area contributed by atoms with Crippen molar-refractivity contribution in [2.45, 2.75) is 18.7 Å². The number of benzene rings is 3. The van der Waals surface area contributed by atoms with Gasteiger partial charge in [0.25, 0.3) is 10.0 Å². The number of para-hydroxylation sites is 2. The Balaban J connectivity index is 1.99. The summed E-state index contributed by atoms with van der Waals surface area (Å²) in [6.45, 7) is 3.27. The maximum Gasteiger partial charge on any atom is 0.338 e. The smallest absolute Gasteiger partial charge is 0.338 e. The molecule has 34 heavy (non-hydrogen) atoms. The quantitative estimate of drug-likeness (QED) is 0.462. The molecule has 1 amide bonds. The van der Waals surface area contributed by atoms with Gasteiger partial charge >= 0.3 is 5.97 Å². The molecule has 0 aromatic heterocycles. The Morgan fingerprint density at radius 3 is 2.29 bits per heavy atom. The molecule has 0 atom stereocenters. The van der Waals surface area contributed by atoms with Crippen LogP contribution >= 0.6 is 0 Å². The first kappa shape index (κ1) is 24.8. The van der Waals surface area contributed by atoms with Crippen LogP contribution in [-0.2, 0) is 19.6 Å². The number of sulfonamides is 1. The predicted molar refractivity (Wildman–Crippen MR) is 130 cm³/mol. The van der Waals surface area contributed by atoms with Crippen molar-refractivity contribution >= 4 is 33.3 Å². The fourth-order valence-electron chi connectivity index (χ4n) is 3.38. The lowest BCUT2D eigenvalue weighted by molar-refractivity contribution is -0.114. The number of rotatable bonds is 9. The minimum Gasteiger partial charge on any atom is -0.492 e. The minimum absolute atomic E-state index is 0.0398. The van der Waals surface area contributed by atoms with Gasteiger partial charge in [-0.3, -0.25) is 9.10 Å². The van der Waals surface area contributed by atoms with E-state index in [1.165, 1.54) is 19.2 Å². The van der Waals surface area contributed by atoms with E-state index >= 15 is 0 Å². The second-order valence-electron chi connectivity index (χ2n) is 7.24. The molecule has 0 saturated heterocycles. The van der Waals surface area contributed by atoms with Gasteiger partial charge in [0.1, 0.15) is 12.3 Å². The number of esters is 1. The second kappa shape index (κ2) is 10.8.